The smallest absolute Gasteiger partial charge is 0.323 e. The SMILES string of the molecule is CCC1CN(S(=O)(=O)C(C)C(=O)O)CCO1. The van der Waals surface area contributed by atoms with Gasteiger partial charge in [0.1, 0.15) is 0 Å². The molecule has 1 N–H and O–H groups in total. The first-order valence-electron chi connectivity index (χ1n) is 5.23. The molecule has 0 aromatic heterocycles. The zero-order chi connectivity index (χ0) is 12.3. The standard InChI is InChI=1S/C9H17NO5S/c1-3-8-6-10(4-5-15-8)16(13,14)7(2)9(11)12/h7-8H,3-6H2,1-2H3,(H,11,12). The minimum Gasteiger partial charge on any atom is -0.480 e. The van der Waals surface area contributed by atoms with Crippen LogP contribution in [0.5, 0.6) is 0 Å². The quantitative estimate of drug-likeness (QED) is 0.754. The molecular weight excluding hydrogens is 234 g/mol. The zero-order valence-electron chi connectivity index (χ0n) is 9.42. The second-order valence-electron chi connectivity index (χ2n) is 3.78. The number of nitrogens with zero attached hydrogens (tertiary/aromatic N) is 1. The maximum absolute atomic E-state index is 11.9. The molecule has 0 aliphatic carbocycles. The second-order valence-corrected chi connectivity index (χ2v) is 6.04. The van der Waals surface area contributed by atoms with Crippen molar-refractivity contribution in [2.45, 2.75) is 31.6 Å². The Labute approximate surface area is 95.2 Å². The fraction of sp³-hybridized carbons (Fsp3) is 0.889. The molecule has 7 heteroatoms. The summed E-state index contributed by atoms with van der Waals surface area (Å²) in [4.78, 5) is 10.7. The Kier molecular flexibility index (Phi) is 4.28. The summed E-state index contributed by atoms with van der Waals surface area (Å²) in [6.45, 7) is 3.90. The van der Waals surface area contributed by atoms with Gasteiger partial charge in [0.05, 0.1) is 12.7 Å². The summed E-state index contributed by atoms with van der Waals surface area (Å²) in [6.07, 6.45) is 0.581. The maximum Gasteiger partial charge on any atom is 0.323 e. The van der Waals surface area contributed by atoms with Crippen LogP contribution in [0.4, 0.5) is 0 Å². The number of carbonyl (C=O) groups is 1. The Balaban J connectivity index is 2.79. The van der Waals surface area contributed by atoms with Crippen LogP contribution >= 0.6 is 0 Å². The summed E-state index contributed by atoms with van der Waals surface area (Å²) in [5.41, 5.74) is 0. The van der Waals surface area contributed by atoms with Gasteiger partial charge in [-0.25, -0.2) is 8.42 Å². The lowest BCUT2D eigenvalue weighted by Gasteiger charge is -2.32. The van der Waals surface area contributed by atoms with Gasteiger partial charge in [0.15, 0.2) is 5.25 Å². The third-order valence-corrected chi connectivity index (χ3v) is 4.86. The van der Waals surface area contributed by atoms with Crippen molar-refractivity contribution < 1.29 is 23.1 Å². The van der Waals surface area contributed by atoms with Crippen LogP contribution in [0, 0.1) is 0 Å². The topological polar surface area (TPSA) is 83.9 Å². The molecule has 2 unspecified atom stereocenters. The first-order valence-corrected chi connectivity index (χ1v) is 6.73. The van der Waals surface area contributed by atoms with E-state index in [9.17, 15) is 13.2 Å². The molecule has 0 amide bonds. The van der Waals surface area contributed by atoms with Crippen LogP contribution in [-0.4, -0.2) is 54.8 Å². The Hall–Kier alpha value is -0.660. The van der Waals surface area contributed by atoms with Gasteiger partial charge in [-0.05, 0) is 13.3 Å². The molecule has 0 spiro atoms. The largest absolute Gasteiger partial charge is 0.480 e. The Bertz CT molecular complexity index is 353. The lowest BCUT2D eigenvalue weighted by atomic mass is 10.2. The number of aliphatic carboxylic acids is 1. The second kappa shape index (κ2) is 5.11. The Morgan fingerprint density at radius 1 is 1.62 bits per heavy atom. The number of hydrogen-bond donors (Lipinski definition) is 1. The third kappa shape index (κ3) is 2.72. The van der Waals surface area contributed by atoms with E-state index in [-0.39, 0.29) is 19.2 Å². The van der Waals surface area contributed by atoms with Crippen molar-refractivity contribution in [3.8, 4) is 0 Å². The van der Waals surface area contributed by atoms with Crippen LogP contribution in [0.25, 0.3) is 0 Å². The fourth-order valence-corrected chi connectivity index (χ4v) is 2.93. The van der Waals surface area contributed by atoms with Crippen LogP contribution in [0.2, 0.25) is 0 Å². The van der Waals surface area contributed by atoms with Gasteiger partial charge in [-0.1, -0.05) is 6.92 Å². The van der Waals surface area contributed by atoms with Crippen LogP contribution in [-0.2, 0) is 19.6 Å². The van der Waals surface area contributed by atoms with Crippen molar-refractivity contribution in [3.63, 3.8) is 0 Å². The number of morpholine rings is 1. The van der Waals surface area contributed by atoms with Gasteiger partial charge >= 0.3 is 5.97 Å². The van der Waals surface area contributed by atoms with Crippen molar-refractivity contribution in [2.75, 3.05) is 19.7 Å². The molecule has 0 saturated carbocycles. The zero-order valence-corrected chi connectivity index (χ0v) is 10.2. The fourth-order valence-electron chi connectivity index (χ4n) is 1.52. The minimum atomic E-state index is -3.75. The minimum absolute atomic E-state index is 0.135. The van der Waals surface area contributed by atoms with Crippen molar-refractivity contribution in [3.05, 3.63) is 0 Å². The molecule has 0 aromatic rings. The van der Waals surface area contributed by atoms with Crippen LogP contribution in [0.15, 0.2) is 0 Å². The van der Waals surface area contributed by atoms with Gasteiger partial charge in [-0.15, -0.1) is 0 Å². The van der Waals surface area contributed by atoms with Gasteiger partial charge < -0.3 is 9.84 Å². The Morgan fingerprint density at radius 3 is 2.75 bits per heavy atom. The number of carboxylic acid groups (broad SMARTS) is 1. The molecule has 16 heavy (non-hydrogen) atoms. The molecule has 0 bridgehead atoms. The maximum atomic E-state index is 11.9. The lowest BCUT2D eigenvalue weighted by Crippen LogP contribution is -2.49. The van der Waals surface area contributed by atoms with Crippen molar-refractivity contribution >= 4 is 16.0 Å². The van der Waals surface area contributed by atoms with E-state index in [1.807, 2.05) is 6.92 Å². The number of hydrogen-bond acceptors (Lipinski definition) is 4. The molecule has 0 radical (unpaired) electrons. The van der Waals surface area contributed by atoms with E-state index in [0.29, 0.717) is 13.0 Å². The summed E-state index contributed by atoms with van der Waals surface area (Å²) >= 11 is 0. The molecule has 1 heterocycles. The van der Waals surface area contributed by atoms with Crippen LogP contribution < -0.4 is 0 Å². The average molecular weight is 251 g/mol. The van der Waals surface area contributed by atoms with Gasteiger partial charge in [0, 0.05) is 13.1 Å². The molecular formula is C9H17NO5S. The van der Waals surface area contributed by atoms with E-state index in [1.54, 1.807) is 0 Å². The van der Waals surface area contributed by atoms with Crippen molar-refractivity contribution in [2.24, 2.45) is 0 Å². The molecule has 1 rings (SSSR count). The van der Waals surface area contributed by atoms with Gasteiger partial charge in [-0.3, -0.25) is 4.79 Å². The van der Waals surface area contributed by atoms with E-state index >= 15 is 0 Å². The highest BCUT2D eigenvalue weighted by Crippen LogP contribution is 2.16. The van der Waals surface area contributed by atoms with Crippen molar-refractivity contribution in [1.82, 2.24) is 4.31 Å². The predicted octanol–water partition coefficient (Wildman–Crippen LogP) is -0.0999. The number of rotatable bonds is 4. The number of carboxylic acids is 1. The molecule has 6 nitrogen and oxygen atoms in total. The predicted molar refractivity (Wildman–Crippen MR) is 57.6 cm³/mol. The first kappa shape index (κ1) is 13.4. The normalized spacial score (nSPS) is 25.2. The average Bonchev–Trinajstić information content (AvgIpc) is 2.27. The van der Waals surface area contributed by atoms with E-state index in [0.717, 1.165) is 0 Å². The van der Waals surface area contributed by atoms with Gasteiger partial charge in [0.25, 0.3) is 0 Å². The number of sulfonamides is 1. The van der Waals surface area contributed by atoms with E-state index in [2.05, 4.69) is 0 Å². The summed E-state index contributed by atoms with van der Waals surface area (Å²) in [7, 11) is -3.75. The monoisotopic (exact) mass is 251 g/mol. The van der Waals surface area contributed by atoms with Gasteiger partial charge in [-0.2, -0.15) is 4.31 Å². The highest BCUT2D eigenvalue weighted by atomic mass is 32.2. The molecule has 1 saturated heterocycles. The summed E-state index contributed by atoms with van der Waals surface area (Å²) < 4.78 is 30.3. The van der Waals surface area contributed by atoms with E-state index in [1.165, 1.54) is 11.2 Å². The highest BCUT2D eigenvalue weighted by molar-refractivity contribution is 7.90. The van der Waals surface area contributed by atoms with E-state index in [4.69, 9.17) is 9.84 Å². The number of ether oxygens (including phenoxy) is 1. The van der Waals surface area contributed by atoms with Crippen LogP contribution in [0.3, 0.4) is 0 Å². The molecule has 1 aliphatic heterocycles. The summed E-state index contributed by atoms with van der Waals surface area (Å²) in [5, 5.41) is 7.33. The molecule has 94 valence electrons. The van der Waals surface area contributed by atoms with Gasteiger partial charge in [0.2, 0.25) is 10.0 Å². The molecule has 0 aromatic carbocycles. The van der Waals surface area contributed by atoms with Crippen molar-refractivity contribution in [1.29, 1.82) is 0 Å². The summed E-state index contributed by atoms with van der Waals surface area (Å²) in [5.74, 6) is -1.32. The lowest BCUT2D eigenvalue weighted by molar-refractivity contribution is -0.136. The third-order valence-electron chi connectivity index (χ3n) is 2.71. The first-order chi connectivity index (χ1) is 7.39. The molecule has 1 aliphatic rings. The molecule has 2 atom stereocenters. The highest BCUT2D eigenvalue weighted by Gasteiger charge is 2.36. The summed E-state index contributed by atoms with van der Waals surface area (Å²) in [6, 6.07) is 0. The molecule has 1 fully saturated rings. The van der Waals surface area contributed by atoms with Crippen LogP contribution in [0.1, 0.15) is 20.3 Å². The van der Waals surface area contributed by atoms with E-state index < -0.39 is 21.2 Å². The Morgan fingerprint density at radius 2 is 2.25 bits per heavy atom.